The molecule has 0 aliphatic carbocycles. The number of benzene rings is 2. The van der Waals surface area contributed by atoms with Crippen LogP contribution in [-0.4, -0.2) is 19.9 Å². The molecule has 0 radical (unpaired) electrons. The van der Waals surface area contributed by atoms with Gasteiger partial charge in [0.1, 0.15) is 11.6 Å². The van der Waals surface area contributed by atoms with Gasteiger partial charge in [0, 0.05) is 41.0 Å². The lowest BCUT2D eigenvalue weighted by atomic mass is 10.0. The zero-order valence-electron chi connectivity index (χ0n) is 18.1. The van der Waals surface area contributed by atoms with Gasteiger partial charge in [-0.25, -0.2) is 24.3 Å². The van der Waals surface area contributed by atoms with Crippen LogP contribution < -0.4 is 11.1 Å². The molecule has 0 amide bonds. The number of rotatable bonds is 5. The van der Waals surface area contributed by atoms with Crippen molar-refractivity contribution in [1.29, 1.82) is 0 Å². The van der Waals surface area contributed by atoms with Gasteiger partial charge in [-0.2, -0.15) is 0 Å². The number of nitrogens with two attached hydrogens (primary N) is 1. The van der Waals surface area contributed by atoms with Gasteiger partial charge in [0.15, 0.2) is 11.4 Å². The summed E-state index contributed by atoms with van der Waals surface area (Å²) in [5.74, 6) is 1.06. The van der Waals surface area contributed by atoms with Crippen LogP contribution in [0.5, 0.6) is 0 Å². The summed E-state index contributed by atoms with van der Waals surface area (Å²) in [6.45, 7) is 3.86. The number of hydrogen-bond donors (Lipinski definition) is 2. The molecule has 33 heavy (non-hydrogen) atoms. The number of hydrogen-bond acceptors (Lipinski definition) is 7. The highest BCUT2D eigenvalue weighted by molar-refractivity contribution is 5.83. The van der Waals surface area contributed by atoms with Crippen LogP contribution in [0.2, 0.25) is 0 Å². The van der Waals surface area contributed by atoms with E-state index in [4.69, 9.17) is 10.2 Å². The van der Waals surface area contributed by atoms with Crippen molar-refractivity contribution in [2.75, 3.05) is 11.1 Å². The highest BCUT2D eigenvalue weighted by atomic mass is 19.1. The van der Waals surface area contributed by atoms with Crippen LogP contribution in [0.3, 0.4) is 0 Å². The van der Waals surface area contributed by atoms with Crippen LogP contribution in [0.1, 0.15) is 24.4 Å². The fourth-order valence-corrected chi connectivity index (χ4v) is 3.76. The molecule has 3 N–H and O–H groups in total. The van der Waals surface area contributed by atoms with E-state index in [-0.39, 0.29) is 17.6 Å². The Morgan fingerprint density at radius 3 is 2.61 bits per heavy atom. The Bertz CT molecular complexity index is 1450. The number of anilines is 2. The van der Waals surface area contributed by atoms with Crippen molar-refractivity contribution in [3.05, 3.63) is 84.4 Å². The van der Waals surface area contributed by atoms with Crippen molar-refractivity contribution in [3.63, 3.8) is 0 Å². The number of aromatic nitrogens is 4. The summed E-state index contributed by atoms with van der Waals surface area (Å²) in [4.78, 5) is 17.2. The number of nitrogen functional groups attached to an aromatic ring is 1. The molecule has 0 unspecified atom stereocenters. The molecule has 3 aromatic heterocycles. The number of fused-ring (bicyclic) bond motifs is 1. The quantitative estimate of drug-likeness (QED) is 0.369. The van der Waals surface area contributed by atoms with Crippen molar-refractivity contribution in [2.45, 2.75) is 19.9 Å². The second-order valence-corrected chi connectivity index (χ2v) is 7.80. The molecule has 8 heteroatoms. The molecule has 7 nitrogen and oxygen atoms in total. The second-order valence-electron chi connectivity index (χ2n) is 7.80. The molecule has 3 heterocycles. The van der Waals surface area contributed by atoms with E-state index < -0.39 is 5.82 Å². The van der Waals surface area contributed by atoms with E-state index in [1.54, 1.807) is 18.5 Å². The summed E-state index contributed by atoms with van der Waals surface area (Å²) in [5.41, 5.74) is 10.1. The average Bonchev–Trinajstić information content (AvgIpc) is 3.29. The van der Waals surface area contributed by atoms with Gasteiger partial charge >= 0.3 is 0 Å². The number of halogens is 1. The number of furan rings is 1. The van der Waals surface area contributed by atoms with Crippen LogP contribution in [-0.2, 0) is 0 Å². The first-order valence-electron chi connectivity index (χ1n) is 10.4. The van der Waals surface area contributed by atoms with Crippen LogP contribution in [0.15, 0.2) is 71.6 Å². The van der Waals surface area contributed by atoms with Gasteiger partial charge in [-0.3, -0.25) is 0 Å². The normalized spacial score (nSPS) is 12.1. The molecule has 0 aliphatic rings. The molecule has 0 saturated carbocycles. The van der Waals surface area contributed by atoms with E-state index in [1.165, 1.54) is 12.3 Å². The average molecular weight is 440 g/mol. The van der Waals surface area contributed by atoms with Crippen LogP contribution in [0.4, 0.5) is 16.2 Å². The Labute approximate surface area is 189 Å². The minimum atomic E-state index is -0.421. The molecule has 0 fully saturated rings. The zero-order chi connectivity index (χ0) is 22.9. The number of nitrogens with zero attached hydrogens (tertiary/aromatic N) is 4. The molecule has 164 valence electrons. The molecular formula is C25H21FN6O. The third kappa shape index (κ3) is 4.23. The predicted molar refractivity (Wildman–Crippen MR) is 126 cm³/mol. The molecule has 1 atom stereocenters. The third-order valence-corrected chi connectivity index (χ3v) is 5.40. The van der Waals surface area contributed by atoms with Gasteiger partial charge in [-0.05, 0) is 49.2 Å². The van der Waals surface area contributed by atoms with E-state index in [1.807, 2.05) is 44.2 Å². The zero-order valence-corrected chi connectivity index (χ0v) is 18.1. The molecule has 0 bridgehead atoms. The van der Waals surface area contributed by atoms with Gasteiger partial charge in [-0.15, -0.1) is 0 Å². The van der Waals surface area contributed by atoms with Gasteiger partial charge in [0.05, 0.1) is 12.0 Å². The summed E-state index contributed by atoms with van der Waals surface area (Å²) < 4.78 is 19.6. The first-order chi connectivity index (χ1) is 16.0. The molecule has 0 aliphatic heterocycles. The molecule has 0 spiro atoms. The van der Waals surface area contributed by atoms with E-state index in [9.17, 15) is 4.39 Å². The summed E-state index contributed by atoms with van der Waals surface area (Å²) >= 11 is 0. The van der Waals surface area contributed by atoms with Gasteiger partial charge < -0.3 is 15.5 Å². The van der Waals surface area contributed by atoms with Crippen LogP contribution >= 0.6 is 0 Å². The van der Waals surface area contributed by atoms with Crippen molar-refractivity contribution >= 4 is 22.7 Å². The number of aryl methyl sites for hydroxylation is 1. The summed E-state index contributed by atoms with van der Waals surface area (Å²) in [6, 6.07) is 14.9. The van der Waals surface area contributed by atoms with Gasteiger partial charge in [0.2, 0.25) is 5.95 Å². The van der Waals surface area contributed by atoms with E-state index in [2.05, 4.69) is 31.3 Å². The van der Waals surface area contributed by atoms with Crippen LogP contribution in [0, 0.1) is 12.7 Å². The molecule has 2 aromatic carbocycles. The maximum atomic E-state index is 14.4. The Kier molecular flexibility index (Phi) is 5.18. The summed E-state index contributed by atoms with van der Waals surface area (Å²) in [7, 11) is 0. The first kappa shape index (κ1) is 20.6. The van der Waals surface area contributed by atoms with Crippen LogP contribution in [0.25, 0.3) is 33.4 Å². The Hall–Kier alpha value is -4.33. The summed E-state index contributed by atoms with van der Waals surface area (Å²) in [6.07, 6.45) is 4.88. The standard InChI is InChI=1S/C25H21FN6O/c1-14(16-4-3-5-17(8-16)20-12-28-25(27)29-13-20)30-23-11-22(31-15(2)32-23)19-9-18-6-7-33-24(18)21(26)10-19/h3-14H,1-2H3,(H2,27,28,29)(H,30,31,32)/t14-/m0/s1. The third-order valence-electron chi connectivity index (χ3n) is 5.40. The van der Waals surface area contributed by atoms with Gasteiger partial charge in [0.25, 0.3) is 0 Å². The van der Waals surface area contributed by atoms with E-state index >= 15 is 0 Å². The van der Waals surface area contributed by atoms with Gasteiger partial charge in [-0.1, -0.05) is 18.2 Å². The van der Waals surface area contributed by atoms with Crippen molar-refractivity contribution in [2.24, 2.45) is 0 Å². The van der Waals surface area contributed by atoms with Crippen molar-refractivity contribution < 1.29 is 8.81 Å². The lowest BCUT2D eigenvalue weighted by Gasteiger charge is -2.17. The molecular weight excluding hydrogens is 419 g/mol. The Morgan fingerprint density at radius 1 is 0.970 bits per heavy atom. The fraction of sp³-hybridized carbons (Fsp3) is 0.120. The topological polar surface area (TPSA) is 103 Å². The highest BCUT2D eigenvalue weighted by Gasteiger charge is 2.13. The predicted octanol–water partition coefficient (Wildman–Crippen LogP) is 5.55. The monoisotopic (exact) mass is 440 g/mol. The largest absolute Gasteiger partial charge is 0.461 e. The smallest absolute Gasteiger partial charge is 0.219 e. The van der Waals surface area contributed by atoms with Crippen molar-refractivity contribution in [3.8, 4) is 22.4 Å². The molecule has 5 aromatic rings. The van der Waals surface area contributed by atoms with Crippen molar-refractivity contribution in [1.82, 2.24) is 19.9 Å². The SMILES string of the molecule is Cc1nc(N[C@@H](C)c2cccc(-c3cnc(N)nc3)c2)cc(-c2cc(F)c3occc3c2)n1. The second kappa shape index (κ2) is 8.31. The Morgan fingerprint density at radius 2 is 1.79 bits per heavy atom. The minimum absolute atomic E-state index is 0.0464. The van der Waals surface area contributed by atoms with E-state index in [0.29, 0.717) is 28.3 Å². The maximum Gasteiger partial charge on any atom is 0.219 e. The fourth-order valence-electron chi connectivity index (χ4n) is 3.76. The highest BCUT2D eigenvalue weighted by Crippen LogP contribution is 2.29. The minimum Gasteiger partial charge on any atom is -0.461 e. The summed E-state index contributed by atoms with van der Waals surface area (Å²) in [5, 5.41) is 4.12. The number of nitrogens with one attached hydrogen (secondary N) is 1. The molecule has 5 rings (SSSR count). The first-order valence-corrected chi connectivity index (χ1v) is 10.4. The maximum absolute atomic E-state index is 14.4. The lowest BCUT2D eigenvalue weighted by molar-refractivity contribution is 0.560. The lowest BCUT2D eigenvalue weighted by Crippen LogP contribution is -2.09. The molecule has 0 saturated heterocycles. The Balaban J connectivity index is 1.43. The van der Waals surface area contributed by atoms with E-state index in [0.717, 1.165) is 16.7 Å².